The molecule has 0 saturated heterocycles. The minimum Gasteiger partial charge on any atom is -0.389 e. The molecule has 0 bridgehead atoms. The van der Waals surface area contributed by atoms with E-state index in [4.69, 9.17) is 0 Å². The van der Waals surface area contributed by atoms with Gasteiger partial charge < -0.3 is 5.11 Å². The number of hydrogen-bond acceptors (Lipinski definition) is 1. The minimum absolute atomic E-state index is 0. The van der Waals surface area contributed by atoms with Crippen molar-refractivity contribution in [2.24, 2.45) is 0 Å². The fourth-order valence-electron chi connectivity index (χ4n) is 2.35. The maximum Gasteiger partial charge on any atom is 0.0700 e. The molecule has 1 aromatic rings. The Morgan fingerprint density at radius 3 is 2.50 bits per heavy atom. The number of hydrogen-bond donors (Lipinski definition) is 1. The van der Waals surface area contributed by atoms with Crippen LogP contribution in [0.25, 0.3) is 0 Å². The Kier molecular flexibility index (Phi) is 2.73. The Hall–Kier alpha value is -0.820. The van der Waals surface area contributed by atoms with Crippen molar-refractivity contribution in [1.82, 2.24) is 0 Å². The highest BCUT2D eigenvalue weighted by Crippen LogP contribution is 2.32. The molecule has 0 aromatic heterocycles. The van der Waals surface area contributed by atoms with E-state index >= 15 is 0 Å². The highest BCUT2D eigenvalue weighted by atomic mass is 16.3. The zero-order valence-corrected chi connectivity index (χ0v) is 8.52. The Morgan fingerprint density at radius 1 is 1.21 bits per heavy atom. The van der Waals surface area contributed by atoms with Gasteiger partial charge in [-0.25, -0.2) is 0 Å². The molecule has 0 fully saturated rings. The van der Waals surface area contributed by atoms with E-state index < -0.39 is 5.60 Å². The maximum absolute atomic E-state index is 9.93. The van der Waals surface area contributed by atoms with Crippen LogP contribution in [-0.2, 0) is 12.8 Å². The predicted molar refractivity (Wildman–Crippen MR) is 60.7 cm³/mol. The Balaban J connectivity index is 0.000000980. The van der Waals surface area contributed by atoms with Crippen molar-refractivity contribution in [2.75, 3.05) is 0 Å². The van der Waals surface area contributed by atoms with Gasteiger partial charge in [-0.3, -0.25) is 0 Å². The summed E-state index contributed by atoms with van der Waals surface area (Å²) in [5.74, 6) is 0. The van der Waals surface area contributed by atoms with E-state index in [1.54, 1.807) is 0 Å². The fourth-order valence-corrected chi connectivity index (χ4v) is 2.35. The molecule has 1 aliphatic rings. The lowest BCUT2D eigenvalue weighted by Crippen LogP contribution is -2.23. The lowest BCUT2D eigenvalue weighted by atomic mass is 10.0. The summed E-state index contributed by atoms with van der Waals surface area (Å²) >= 11 is 0. The Morgan fingerprint density at radius 2 is 1.86 bits per heavy atom. The van der Waals surface area contributed by atoms with Crippen molar-refractivity contribution < 1.29 is 5.11 Å². The van der Waals surface area contributed by atoms with Gasteiger partial charge >= 0.3 is 0 Å². The molecule has 1 heteroatoms. The van der Waals surface area contributed by atoms with Crippen LogP contribution >= 0.6 is 0 Å². The zero-order valence-electron chi connectivity index (χ0n) is 8.52. The molecule has 14 heavy (non-hydrogen) atoms. The number of aryl methyl sites for hydroxylation is 2. The summed E-state index contributed by atoms with van der Waals surface area (Å²) in [5, 5.41) is 9.93. The van der Waals surface area contributed by atoms with E-state index in [0.29, 0.717) is 0 Å². The molecule has 0 aliphatic heterocycles. The number of aliphatic hydroxyl groups is 1. The van der Waals surface area contributed by atoms with Crippen LogP contribution in [0.4, 0.5) is 0 Å². The van der Waals surface area contributed by atoms with Gasteiger partial charge in [0.1, 0.15) is 0 Å². The third-order valence-electron chi connectivity index (χ3n) is 2.84. The summed E-state index contributed by atoms with van der Waals surface area (Å²) in [6.45, 7) is 6.16. The van der Waals surface area contributed by atoms with Gasteiger partial charge in [0.2, 0.25) is 0 Å². The van der Waals surface area contributed by atoms with Gasteiger partial charge in [0.05, 0.1) is 5.60 Å². The maximum atomic E-state index is 9.93. The molecule has 1 N–H and O–H groups in total. The molecule has 1 aromatic carbocycles. The van der Waals surface area contributed by atoms with Crippen LogP contribution < -0.4 is 0 Å². The highest BCUT2D eigenvalue weighted by Gasteiger charge is 2.31. The topological polar surface area (TPSA) is 20.2 Å². The van der Waals surface area contributed by atoms with Crippen LogP contribution in [0.1, 0.15) is 36.6 Å². The lowest BCUT2D eigenvalue weighted by Gasteiger charge is -2.13. The first-order valence-corrected chi connectivity index (χ1v) is 4.79. The van der Waals surface area contributed by atoms with Crippen LogP contribution in [0.3, 0.4) is 0 Å². The zero-order chi connectivity index (χ0) is 9.64. The van der Waals surface area contributed by atoms with Gasteiger partial charge in [-0.15, -0.1) is 0 Å². The number of fused-ring (bicyclic) bond motifs is 1. The quantitative estimate of drug-likeness (QED) is 0.670. The van der Waals surface area contributed by atoms with Crippen molar-refractivity contribution in [2.45, 2.75) is 46.6 Å². The molecule has 1 atom stereocenters. The third kappa shape index (κ3) is 1.83. The summed E-state index contributed by atoms with van der Waals surface area (Å²) in [6.07, 6.45) is 1.62. The first kappa shape index (κ1) is 11.3. The van der Waals surface area contributed by atoms with E-state index in [-0.39, 0.29) is 7.43 Å². The van der Waals surface area contributed by atoms with E-state index in [1.807, 2.05) is 6.92 Å². The summed E-state index contributed by atoms with van der Waals surface area (Å²) in [6, 6.07) is 4.39. The van der Waals surface area contributed by atoms with Crippen molar-refractivity contribution in [3.05, 3.63) is 34.4 Å². The monoisotopic (exact) mass is 192 g/mol. The molecule has 0 spiro atoms. The number of rotatable bonds is 0. The second kappa shape index (κ2) is 3.39. The van der Waals surface area contributed by atoms with E-state index in [0.717, 1.165) is 12.8 Å². The summed E-state index contributed by atoms with van der Waals surface area (Å²) in [5.41, 5.74) is 4.81. The second-order valence-corrected chi connectivity index (χ2v) is 4.57. The molecular weight excluding hydrogens is 172 g/mol. The first-order chi connectivity index (χ1) is 5.98. The van der Waals surface area contributed by atoms with Gasteiger partial charge in [-0.2, -0.15) is 0 Å². The standard InChI is InChI=1S/C12H16O.CH4/c1-8-4-9(2)11-7-12(3,13)6-10(11)5-8;/h4-5,13H,6-7H2,1-3H3;1H4. The number of benzene rings is 1. The normalized spacial score (nSPS) is 24.3. The Labute approximate surface area is 86.8 Å². The molecule has 0 saturated carbocycles. The molecule has 1 aliphatic carbocycles. The van der Waals surface area contributed by atoms with Gasteiger partial charge in [0, 0.05) is 12.8 Å². The minimum atomic E-state index is -0.513. The van der Waals surface area contributed by atoms with Crippen LogP contribution in [0.2, 0.25) is 0 Å². The molecule has 0 radical (unpaired) electrons. The molecule has 0 amide bonds. The lowest BCUT2D eigenvalue weighted by molar-refractivity contribution is 0.0718. The van der Waals surface area contributed by atoms with E-state index in [1.165, 1.54) is 22.3 Å². The summed E-state index contributed by atoms with van der Waals surface area (Å²) in [7, 11) is 0. The molecule has 0 heterocycles. The van der Waals surface area contributed by atoms with Crippen molar-refractivity contribution >= 4 is 0 Å². The van der Waals surface area contributed by atoms with Crippen molar-refractivity contribution in [3.63, 3.8) is 0 Å². The van der Waals surface area contributed by atoms with Crippen molar-refractivity contribution in [1.29, 1.82) is 0 Å². The largest absolute Gasteiger partial charge is 0.389 e. The van der Waals surface area contributed by atoms with E-state index in [9.17, 15) is 5.11 Å². The molecule has 1 unspecified atom stereocenters. The smallest absolute Gasteiger partial charge is 0.0700 e. The molecule has 2 rings (SSSR count). The van der Waals surface area contributed by atoms with Gasteiger partial charge in [-0.05, 0) is 37.5 Å². The van der Waals surface area contributed by atoms with Crippen LogP contribution in [-0.4, -0.2) is 10.7 Å². The second-order valence-electron chi connectivity index (χ2n) is 4.57. The van der Waals surface area contributed by atoms with Crippen molar-refractivity contribution in [3.8, 4) is 0 Å². The summed E-state index contributed by atoms with van der Waals surface area (Å²) < 4.78 is 0. The fraction of sp³-hybridized carbons (Fsp3) is 0.538. The highest BCUT2D eigenvalue weighted by molar-refractivity contribution is 5.43. The average molecular weight is 192 g/mol. The summed E-state index contributed by atoms with van der Waals surface area (Å²) in [4.78, 5) is 0. The predicted octanol–water partition coefficient (Wildman–Crippen LogP) is 2.79. The van der Waals surface area contributed by atoms with Gasteiger partial charge in [-0.1, -0.05) is 25.1 Å². The van der Waals surface area contributed by atoms with Crippen LogP contribution in [0, 0.1) is 13.8 Å². The molecule has 78 valence electrons. The molecular formula is C13H20O. The average Bonchev–Trinajstić information content (AvgIpc) is 2.23. The first-order valence-electron chi connectivity index (χ1n) is 4.79. The van der Waals surface area contributed by atoms with Gasteiger partial charge in [0.25, 0.3) is 0 Å². The Bertz CT molecular complexity index is 350. The van der Waals surface area contributed by atoms with Crippen LogP contribution in [0.15, 0.2) is 12.1 Å². The third-order valence-corrected chi connectivity index (χ3v) is 2.84. The van der Waals surface area contributed by atoms with Crippen LogP contribution in [0.5, 0.6) is 0 Å². The van der Waals surface area contributed by atoms with E-state index in [2.05, 4.69) is 26.0 Å². The van der Waals surface area contributed by atoms with Gasteiger partial charge in [0.15, 0.2) is 0 Å². The molecule has 1 nitrogen and oxygen atoms in total. The SMILES string of the molecule is C.Cc1cc(C)c2c(c1)CC(C)(O)C2.